The van der Waals surface area contributed by atoms with Crippen molar-refractivity contribution in [2.24, 2.45) is 0 Å². The van der Waals surface area contributed by atoms with Crippen LogP contribution >= 0.6 is 11.8 Å². The van der Waals surface area contributed by atoms with Crippen LogP contribution in [0.1, 0.15) is 22.3 Å². The molecule has 0 aromatic heterocycles. The van der Waals surface area contributed by atoms with E-state index in [-0.39, 0.29) is 29.3 Å². The SMILES string of the molecule is O=C(S[C@H]1C[C@@H](CO)N(C(=O)OCc2ccc([N+](=O)[O-])cc2)C1)c1ccccc1. The number of nitro groups is 1. The number of thioether (sulfide) groups is 1. The number of ether oxygens (including phenoxy) is 1. The Morgan fingerprint density at radius 3 is 2.48 bits per heavy atom. The first-order valence-electron chi connectivity index (χ1n) is 9.01. The number of carbonyl (C=O) groups excluding carboxylic acids is 2. The number of benzene rings is 2. The number of amides is 1. The zero-order valence-corrected chi connectivity index (χ0v) is 16.3. The molecule has 1 aliphatic rings. The van der Waals surface area contributed by atoms with Gasteiger partial charge in [0.1, 0.15) is 6.61 Å². The van der Waals surface area contributed by atoms with Crippen LogP contribution in [0.5, 0.6) is 0 Å². The first kappa shape index (κ1) is 20.8. The fourth-order valence-electron chi connectivity index (χ4n) is 3.09. The van der Waals surface area contributed by atoms with Crippen molar-refractivity contribution in [3.63, 3.8) is 0 Å². The highest BCUT2D eigenvalue weighted by Gasteiger charge is 2.37. The molecule has 0 bridgehead atoms. The van der Waals surface area contributed by atoms with Crippen molar-refractivity contribution in [2.75, 3.05) is 13.2 Å². The number of carbonyl (C=O) groups is 2. The van der Waals surface area contributed by atoms with Crippen LogP contribution in [-0.2, 0) is 11.3 Å². The molecule has 29 heavy (non-hydrogen) atoms. The lowest BCUT2D eigenvalue weighted by Gasteiger charge is -2.22. The van der Waals surface area contributed by atoms with Gasteiger partial charge in [0, 0.05) is 29.5 Å². The fourth-order valence-corrected chi connectivity index (χ4v) is 4.22. The number of rotatable bonds is 6. The number of nitro benzene ring substituents is 1. The highest BCUT2D eigenvalue weighted by molar-refractivity contribution is 8.14. The van der Waals surface area contributed by atoms with Crippen molar-refractivity contribution < 1.29 is 24.4 Å². The van der Waals surface area contributed by atoms with Crippen molar-refractivity contribution in [3.05, 3.63) is 75.8 Å². The minimum atomic E-state index is -0.585. The maximum atomic E-state index is 12.5. The molecular weight excluding hydrogens is 396 g/mol. The molecule has 9 heteroatoms. The van der Waals surface area contributed by atoms with Crippen molar-refractivity contribution in [2.45, 2.75) is 24.3 Å². The number of hydrogen-bond donors (Lipinski definition) is 1. The summed E-state index contributed by atoms with van der Waals surface area (Å²) in [5.41, 5.74) is 1.18. The number of aliphatic hydroxyl groups excluding tert-OH is 1. The molecule has 1 N–H and O–H groups in total. The summed E-state index contributed by atoms with van der Waals surface area (Å²) in [5, 5.41) is 20.1. The Morgan fingerprint density at radius 2 is 1.86 bits per heavy atom. The lowest BCUT2D eigenvalue weighted by molar-refractivity contribution is -0.384. The molecule has 1 aliphatic heterocycles. The third kappa shape index (κ3) is 5.33. The van der Waals surface area contributed by atoms with Crippen LogP contribution in [0.3, 0.4) is 0 Å². The summed E-state index contributed by atoms with van der Waals surface area (Å²) < 4.78 is 5.29. The van der Waals surface area contributed by atoms with Gasteiger partial charge >= 0.3 is 6.09 Å². The smallest absolute Gasteiger partial charge is 0.410 e. The van der Waals surface area contributed by atoms with Crippen LogP contribution in [0.4, 0.5) is 10.5 Å². The average molecular weight is 416 g/mol. The molecule has 0 spiro atoms. The maximum Gasteiger partial charge on any atom is 0.410 e. The minimum absolute atomic E-state index is 0.0355. The third-order valence-corrected chi connectivity index (χ3v) is 5.74. The molecular formula is C20H20N2O6S. The van der Waals surface area contributed by atoms with Crippen molar-refractivity contribution in [1.29, 1.82) is 0 Å². The fraction of sp³-hybridized carbons (Fsp3) is 0.300. The molecule has 0 aliphatic carbocycles. The van der Waals surface area contributed by atoms with Crippen LogP contribution < -0.4 is 0 Å². The molecule has 152 valence electrons. The topological polar surface area (TPSA) is 110 Å². The largest absolute Gasteiger partial charge is 0.445 e. The van der Waals surface area contributed by atoms with Crippen LogP contribution in [0, 0.1) is 10.1 Å². The first-order chi connectivity index (χ1) is 14.0. The molecule has 3 rings (SSSR count). The summed E-state index contributed by atoms with van der Waals surface area (Å²) in [6.45, 7) is 0.0447. The Kier molecular flexibility index (Phi) is 6.84. The molecule has 2 aromatic carbocycles. The van der Waals surface area contributed by atoms with Gasteiger partial charge in [-0.1, -0.05) is 42.1 Å². The van der Waals surface area contributed by atoms with Crippen LogP contribution in [0.2, 0.25) is 0 Å². The summed E-state index contributed by atoms with van der Waals surface area (Å²) >= 11 is 1.16. The van der Waals surface area contributed by atoms with Gasteiger partial charge in [0.15, 0.2) is 0 Å². The van der Waals surface area contributed by atoms with Gasteiger partial charge in [-0.2, -0.15) is 0 Å². The van der Waals surface area contributed by atoms with Gasteiger partial charge in [-0.15, -0.1) is 0 Å². The van der Waals surface area contributed by atoms with E-state index in [1.54, 1.807) is 24.3 Å². The van der Waals surface area contributed by atoms with Gasteiger partial charge in [0.25, 0.3) is 5.69 Å². The first-order valence-corrected chi connectivity index (χ1v) is 9.89. The average Bonchev–Trinajstić information content (AvgIpc) is 3.15. The zero-order valence-electron chi connectivity index (χ0n) is 15.5. The van der Waals surface area contributed by atoms with Gasteiger partial charge in [-0.05, 0) is 24.1 Å². The number of hydrogen-bond acceptors (Lipinski definition) is 7. The number of nitrogens with zero attached hydrogens (tertiary/aromatic N) is 2. The molecule has 1 amide bonds. The summed E-state index contributed by atoms with van der Waals surface area (Å²) in [4.78, 5) is 36.4. The Morgan fingerprint density at radius 1 is 1.17 bits per heavy atom. The van der Waals surface area contributed by atoms with Crippen LogP contribution in [-0.4, -0.2) is 50.6 Å². The monoisotopic (exact) mass is 416 g/mol. The second-order valence-corrected chi connectivity index (χ2v) is 7.87. The second-order valence-electron chi connectivity index (χ2n) is 6.60. The normalized spacial score (nSPS) is 18.4. The van der Waals surface area contributed by atoms with E-state index in [9.17, 15) is 24.8 Å². The third-order valence-electron chi connectivity index (χ3n) is 4.61. The van der Waals surface area contributed by atoms with Gasteiger partial charge in [-0.3, -0.25) is 14.9 Å². The standard InChI is InChI=1S/C20H20N2O6S/c23-12-17-10-18(29-19(24)15-4-2-1-3-5-15)11-21(17)20(25)28-13-14-6-8-16(9-7-14)22(26)27/h1-9,17-18,23H,10-13H2/t17-,18-/m0/s1. The van der Waals surface area contributed by atoms with Gasteiger partial charge in [0.05, 0.1) is 17.6 Å². The van der Waals surface area contributed by atoms with Gasteiger partial charge < -0.3 is 14.7 Å². The van der Waals surface area contributed by atoms with Crippen molar-refractivity contribution >= 4 is 28.7 Å². The van der Waals surface area contributed by atoms with E-state index in [0.29, 0.717) is 24.1 Å². The van der Waals surface area contributed by atoms with E-state index in [1.165, 1.54) is 29.2 Å². The second kappa shape index (κ2) is 9.53. The lowest BCUT2D eigenvalue weighted by atomic mass is 10.2. The number of non-ortho nitro benzene ring substituents is 1. The van der Waals surface area contributed by atoms with E-state index in [1.807, 2.05) is 6.07 Å². The molecule has 8 nitrogen and oxygen atoms in total. The summed E-state index contributed by atoms with van der Waals surface area (Å²) in [7, 11) is 0. The molecule has 0 saturated carbocycles. The Balaban J connectivity index is 1.55. The molecule has 0 radical (unpaired) electrons. The molecule has 0 unspecified atom stereocenters. The summed E-state index contributed by atoms with van der Waals surface area (Å²) in [5.74, 6) is 0. The Bertz CT molecular complexity index is 874. The van der Waals surface area contributed by atoms with Crippen molar-refractivity contribution in [1.82, 2.24) is 4.90 Å². The van der Waals surface area contributed by atoms with Gasteiger partial charge in [-0.25, -0.2) is 4.79 Å². The van der Waals surface area contributed by atoms with Gasteiger partial charge in [0.2, 0.25) is 5.12 Å². The minimum Gasteiger partial charge on any atom is -0.445 e. The molecule has 1 saturated heterocycles. The summed E-state index contributed by atoms with van der Waals surface area (Å²) in [6, 6.07) is 14.2. The Labute approximate surface area is 171 Å². The number of likely N-dealkylation sites (tertiary alicyclic amines) is 1. The van der Waals surface area contributed by atoms with Crippen molar-refractivity contribution in [3.8, 4) is 0 Å². The summed E-state index contributed by atoms with van der Waals surface area (Å²) in [6.07, 6.45) is -0.0931. The lowest BCUT2D eigenvalue weighted by Crippen LogP contribution is -2.38. The van der Waals surface area contributed by atoms with E-state index >= 15 is 0 Å². The van der Waals surface area contributed by atoms with E-state index in [4.69, 9.17) is 4.74 Å². The predicted molar refractivity (Wildman–Crippen MR) is 108 cm³/mol. The molecule has 1 heterocycles. The van der Waals surface area contributed by atoms with Crippen LogP contribution in [0.15, 0.2) is 54.6 Å². The van der Waals surface area contributed by atoms with E-state index in [2.05, 4.69) is 0 Å². The molecule has 1 fully saturated rings. The number of aliphatic hydroxyl groups is 1. The predicted octanol–water partition coefficient (Wildman–Crippen LogP) is 3.24. The van der Waals surface area contributed by atoms with E-state index in [0.717, 1.165) is 11.8 Å². The molecule has 2 atom stereocenters. The quantitative estimate of drug-likeness (QED) is 0.568. The Hall–Kier alpha value is -2.91. The van der Waals surface area contributed by atoms with Crippen LogP contribution in [0.25, 0.3) is 0 Å². The zero-order chi connectivity index (χ0) is 20.8. The highest BCUT2D eigenvalue weighted by atomic mass is 32.2. The highest BCUT2D eigenvalue weighted by Crippen LogP contribution is 2.30. The molecule has 2 aromatic rings. The van der Waals surface area contributed by atoms with E-state index < -0.39 is 17.1 Å². The maximum absolute atomic E-state index is 12.5.